The molecule has 0 aliphatic carbocycles. The van der Waals surface area contributed by atoms with Gasteiger partial charge in [0.2, 0.25) is 0 Å². The highest BCUT2D eigenvalue weighted by molar-refractivity contribution is 9.10. The van der Waals surface area contributed by atoms with Gasteiger partial charge in [0.05, 0.1) is 12.7 Å². The first kappa shape index (κ1) is 25.4. The Kier molecular flexibility index (Phi) is 10.7. The summed E-state index contributed by atoms with van der Waals surface area (Å²) >= 11 is 3.34. The summed E-state index contributed by atoms with van der Waals surface area (Å²) in [5, 5.41) is 20.3. The molecule has 9 heteroatoms. The number of hydrogen-bond acceptors (Lipinski definition) is 6. The molecule has 0 unspecified atom stereocenters. The van der Waals surface area contributed by atoms with Gasteiger partial charge in [-0.25, -0.2) is 9.59 Å². The van der Waals surface area contributed by atoms with Crippen LogP contribution in [-0.2, 0) is 14.3 Å². The van der Waals surface area contributed by atoms with Gasteiger partial charge in [-0.2, -0.15) is 0 Å². The average Bonchev–Trinajstić information content (AvgIpc) is 2.78. The standard InChI is InChI=1S/C23H26BrNO7/c1-30-20(4-2-3-5-21(27)28)22(16-6-12-19(13-7-16)31-15-14-26)32-23(29)25-18-10-8-17(24)9-11-18/h3,5-13,20,22,26H,2,4,14-15H2,1H3,(H,25,29)(H,27,28)/b5-3+/t20-,22-/m0/s1. The Morgan fingerprint density at radius 3 is 2.41 bits per heavy atom. The highest BCUT2D eigenvalue weighted by atomic mass is 79.9. The summed E-state index contributed by atoms with van der Waals surface area (Å²) in [5.74, 6) is -0.460. The van der Waals surface area contributed by atoms with Crippen molar-refractivity contribution < 1.29 is 34.0 Å². The van der Waals surface area contributed by atoms with Crippen molar-refractivity contribution in [2.75, 3.05) is 25.6 Å². The first-order valence-corrected chi connectivity index (χ1v) is 10.7. The number of aliphatic carboxylic acids is 1. The van der Waals surface area contributed by atoms with Gasteiger partial charge in [-0.1, -0.05) is 34.1 Å². The number of hydrogen-bond donors (Lipinski definition) is 3. The van der Waals surface area contributed by atoms with E-state index >= 15 is 0 Å². The van der Waals surface area contributed by atoms with Crippen molar-refractivity contribution in [2.45, 2.75) is 25.0 Å². The van der Waals surface area contributed by atoms with Crippen LogP contribution in [0.1, 0.15) is 24.5 Å². The van der Waals surface area contributed by atoms with Crippen LogP contribution in [0.4, 0.5) is 10.5 Å². The second kappa shape index (κ2) is 13.5. The molecule has 32 heavy (non-hydrogen) atoms. The monoisotopic (exact) mass is 507 g/mol. The summed E-state index contributed by atoms with van der Waals surface area (Å²) < 4.78 is 17.6. The van der Waals surface area contributed by atoms with Gasteiger partial charge in [-0.3, -0.25) is 5.32 Å². The lowest BCUT2D eigenvalue weighted by atomic mass is 10.00. The van der Waals surface area contributed by atoms with E-state index in [4.69, 9.17) is 24.4 Å². The number of benzene rings is 2. The molecule has 0 radical (unpaired) electrons. The van der Waals surface area contributed by atoms with Gasteiger partial charge in [-0.15, -0.1) is 0 Å². The molecular formula is C23H26BrNO7. The topological polar surface area (TPSA) is 114 Å². The molecular weight excluding hydrogens is 482 g/mol. The second-order valence-corrected chi connectivity index (χ2v) is 7.61. The summed E-state index contributed by atoms with van der Waals surface area (Å²) in [7, 11) is 1.51. The Balaban J connectivity index is 2.17. The van der Waals surface area contributed by atoms with Crippen LogP contribution >= 0.6 is 15.9 Å². The Hall–Kier alpha value is -2.88. The molecule has 0 aliphatic heterocycles. The fraction of sp³-hybridized carbons (Fsp3) is 0.304. The largest absolute Gasteiger partial charge is 0.491 e. The van der Waals surface area contributed by atoms with Crippen LogP contribution in [0, 0.1) is 0 Å². The minimum absolute atomic E-state index is 0.0979. The number of aliphatic hydroxyl groups excluding tert-OH is 1. The molecule has 3 N–H and O–H groups in total. The third-order valence-corrected chi connectivity index (χ3v) is 4.94. The number of carbonyl (C=O) groups excluding carboxylic acids is 1. The number of allylic oxidation sites excluding steroid dienone is 1. The van der Waals surface area contributed by atoms with Gasteiger partial charge in [0.25, 0.3) is 0 Å². The lowest BCUT2D eigenvalue weighted by molar-refractivity contribution is -0.131. The molecule has 2 aromatic carbocycles. The molecule has 0 spiro atoms. The van der Waals surface area contributed by atoms with E-state index < -0.39 is 24.3 Å². The maximum absolute atomic E-state index is 12.6. The maximum atomic E-state index is 12.6. The van der Waals surface area contributed by atoms with E-state index in [1.54, 1.807) is 48.5 Å². The first-order chi connectivity index (χ1) is 15.4. The Morgan fingerprint density at radius 1 is 1.12 bits per heavy atom. The van der Waals surface area contributed by atoms with Crippen molar-refractivity contribution in [3.05, 3.63) is 70.7 Å². The number of carboxylic acid groups (broad SMARTS) is 1. The van der Waals surface area contributed by atoms with Crippen LogP contribution in [0.15, 0.2) is 65.2 Å². The molecule has 2 aromatic rings. The highest BCUT2D eigenvalue weighted by Gasteiger charge is 2.27. The molecule has 0 aliphatic rings. The summed E-state index contributed by atoms with van der Waals surface area (Å²) in [5.41, 5.74) is 1.25. The minimum atomic E-state index is -1.03. The van der Waals surface area contributed by atoms with E-state index in [-0.39, 0.29) is 13.2 Å². The van der Waals surface area contributed by atoms with E-state index in [2.05, 4.69) is 21.2 Å². The number of ether oxygens (including phenoxy) is 3. The van der Waals surface area contributed by atoms with Crippen molar-refractivity contribution in [1.29, 1.82) is 0 Å². The number of rotatable bonds is 12. The maximum Gasteiger partial charge on any atom is 0.412 e. The zero-order valence-corrected chi connectivity index (χ0v) is 19.2. The molecule has 172 valence electrons. The van der Waals surface area contributed by atoms with Crippen LogP contribution in [0.25, 0.3) is 0 Å². The summed E-state index contributed by atoms with van der Waals surface area (Å²) in [4.78, 5) is 23.3. The Bertz CT molecular complexity index is 884. The van der Waals surface area contributed by atoms with Crippen LogP contribution in [0.2, 0.25) is 0 Å². The molecule has 0 aromatic heterocycles. The van der Waals surface area contributed by atoms with Gasteiger partial charge in [0, 0.05) is 23.3 Å². The van der Waals surface area contributed by atoms with Crippen molar-refractivity contribution in [2.24, 2.45) is 0 Å². The second-order valence-electron chi connectivity index (χ2n) is 6.69. The smallest absolute Gasteiger partial charge is 0.412 e. The van der Waals surface area contributed by atoms with Crippen molar-refractivity contribution in [3.8, 4) is 5.75 Å². The van der Waals surface area contributed by atoms with E-state index in [9.17, 15) is 9.59 Å². The molecule has 0 fully saturated rings. The first-order valence-electron chi connectivity index (χ1n) is 9.92. The molecule has 2 rings (SSSR count). The summed E-state index contributed by atoms with van der Waals surface area (Å²) in [6.45, 7) is 0.0742. The number of carbonyl (C=O) groups is 2. The quantitative estimate of drug-likeness (QED) is 0.361. The predicted molar refractivity (Wildman–Crippen MR) is 123 cm³/mol. The van der Waals surface area contributed by atoms with Crippen molar-refractivity contribution >= 4 is 33.7 Å². The predicted octanol–water partition coefficient (Wildman–Crippen LogP) is 4.55. The van der Waals surface area contributed by atoms with E-state index in [0.717, 1.165) is 10.5 Å². The number of anilines is 1. The SMILES string of the molecule is CO[C@@H](CC/C=C/C(=O)O)[C@@H](OC(=O)Nc1ccc(Br)cc1)c1ccc(OCCO)cc1. The lowest BCUT2D eigenvalue weighted by Gasteiger charge is -2.26. The van der Waals surface area contributed by atoms with Gasteiger partial charge >= 0.3 is 12.1 Å². The van der Waals surface area contributed by atoms with Crippen LogP contribution < -0.4 is 10.1 Å². The zero-order chi connectivity index (χ0) is 23.3. The number of halogens is 1. The van der Waals surface area contributed by atoms with E-state index in [0.29, 0.717) is 29.8 Å². The molecule has 8 nitrogen and oxygen atoms in total. The van der Waals surface area contributed by atoms with Gasteiger partial charge in [-0.05, 0) is 54.8 Å². The molecule has 1 amide bonds. The molecule has 0 bridgehead atoms. The summed E-state index contributed by atoms with van der Waals surface area (Å²) in [6, 6.07) is 14.0. The fourth-order valence-electron chi connectivity index (χ4n) is 2.91. The fourth-order valence-corrected chi connectivity index (χ4v) is 3.17. The zero-order valence-electron chi connectivity index (χ0n) is 17.6. The minimum Gasteiger partial charge on any atom is -0.491 e. The number of nitrogens with one attached hydrogen (secondary N) is 1. The van der Waals surface area contributed by atoms with Gasteiger partial charge in [0.15, 0.2) is 6.10 Å². The Morgan fingerprint density at radius 2 is 1.81 bits per heavy atom. The van der Waals surface area contributed by atoms with Crippen molar-refractivity contribution in [1.82, 2.24) is 0 Å². The molecule has 0 heterocycles. The van der Waals surface area contributed by atoms with Crippen molar-refractivity contribution in [3.63, 3.8) is 0 Å². The number of carboxylic acids is 1. The third-order valence-electron chi connectivity index (χ3n) is 4.41. The third kappa shape index (κ3) is 8.70. The van der Waals surface area contributed by atoms with E-state index in [1.165, 1.54) is 13.2 Å². The average molecular weight is 508 g/mol. The highest BCUT2D eigenvalue weighted by Crippen LogP contribution is 2.29. The number of amides is 1. The van der Waals surface area contributed by atoms with E-state index in [1.807, 2.05) is 0 Å². The lowest BCUT2D eigenvalue weighted by Crippen LogP contribution is -2.28. The molecule has 2 atom stereocenters. The Labute approximate surface area is 194 Å². The van der Waals surface area contributed by atoms with Crippen LogP contribution in [0.5, 0.6) is 5.75 Å². The normalized spacial score (nSPS) is 12.8. The van der Waals surface area contributed by atoms with Crippen LogP contribution in [-0.4, -0.2) is 48.7 Å². The van der Waals surface area contributed by atoms with Gasteiger partial charge in [0.1, 0.15) is 12.4 Å². The van der Waals surface area contributed by atoms with Gasteiger partial charge < -0.3 is 24.4 Å². The van der Waals surface area contributed by atoms with Crippen LogP contribution in [0.3, 0.4) is 0 Å². The molecule has 0 saturated heterocycles. The summed E-state index contributed by atoms with van der Waals surface area (Å²) in [6.07, 6.45) is 1.53. The molecule has 0 saturated carbocycles. The number of aliphatic hydroxyl groups is 1. The number of methoxy groups -OCH3 is 1.